The Labute approximate surface area is 167 Å². The zero-order chi connectivity index (χ0) is 18.1. The fourth-order valence-corrected chi connectivity index (χ4v) is 5.69. The van der Waals surface area contributed by atoms with Crippen LogP contribution in [0.15, 0.2) is 30.3 Å². The lowest BCUT2D eigenvalue weighted by atomic mass is 9.60. The Bertz CT molecular complexity index is 613. The molecule has 146 valence electrons. The molecule has 0 radical (unpaired) electrons. The summed E-state index contributed by atoms with van der Waals surface area (Å²) in [6, 6.07) is 9.28. The zero-order valence-corrected chi connectivity index (χ0v) is 18.3. The van der Waals surface area contributed by atoms with Crippen molar-refractivity contribution in [2.45, 2.75) is 72.6 Å². The second kappa shape index (κ2) is 8.48. The Hall–Kier alpha value is -0.790. The van der Waals surface area contributed by atoms with E-state index < -0.39 is 0 Å². The second-order valence-electron chi connectivity index (χ2n) is 9.98. The summed E-state index contributed by atoms with van der Waals surface area (Å²) in [4.78, 5) is 2.58. The first kappa shape index (κ1) is 21.5. The average molecular weight is 376 g/mol. The van der Waals surface area contributed by atoms with Crippen molar-refractivity contribution in [2.24, 2.45) is 10.8 Å². The number of hydrogen-bond donors (Lipinski definition) is 0. The third-order valence-electron chi connectivity index (χ3n) is 6.13. The van der Waals surface area contributed by atoms with Crippen LogP contribution in [0.4, 0.5) is 0 Å². The lowest BCUT2D eigenvalue weighted by molar-refractivity contribution is 0.0968. The first-order valence-corrected chi connectivity index (χ1v) is 10.3. The molecule has 1 aliphatic carbocycles. The number of rotatable bonds is 4. The van der Waals surface area contributed by atoms with E-state index in [2.05, 4.69) is 69.9 Å². The van der Waals surface area contributed by atoms with Crippen LogP contribution >= 0.6 is 12.4 Å². The summed E-state index contributed by atoms with van der Waals surface area (Å²) in [5, 5.41) is 0. The van der Waals surface area contributed by atoms with E-state index in [9.17, 15) is 0 Å². The molecular formula is C24H38ClN. The maximum atomic E-state index is 2.58. The van der Waals surface area contributed by atoms with Crippen molar-refractivity contribution in [3.05, 3.63) is 41.5 Å². The molecule has 1 fully saturated rings. The van der Waals surface area contributed by atoms with Crippen molar-refractivity contribution in [1.29, 1.82) is 0 Å². The quantitative estimate of drug-likeness (QED) is 0.551. The molecule has 0 spiro atoms. The van der Waals surface area contributed by atoms with Gasteiger partial charge in [0.05, 0.1) is 0 Å². The van der Waals surface area contributed by atoms with E-state index in [-0.39, 0.29) is 12.4 Å². The van der Waals surface area contributed by atoms with Crippen LogP contribution in [-0.4, -0.2) is 24.5 Å². The molecule has 2 heteroatoms. The molecule has 3 rings (SSSR count). The topological polar surface area (TPSA) is 3.24 Å². The minimum absolute atomic E-state index is 0. The van der Waals surface area contributed by atoms with Gasteiger partial charge in [-0.1, -0.05) is 65.0 Å². The Balaban J connectivity index is 0.00000243. The summed E-state index contributed by atoms with van der Waals surface area (Å²) in [5.74, 6) is 0.699. The minimum atomic E-state index is 0. The van der Waals surface area contributed by atoms with Crippen LogP contribution in [0.2, 0.25) is 0 Å². The van der Waals surface area contributed by atoms with Crippen molar-refractivity contribution in [3.63, 3.8) is 0 Å². The van der Waals surface area contributed by atoms with Gasteiger partial charge in [0.2, 0.25) is 0 Å². The Morgan fingerprint density at radius 1 is 1.04 bits per heavy atom. The van der Waals surface area contributed by atoms with Crippen LogP contribution in [0.5, 0.6) is 0 Å². The van der Waals surface area contributed by atoms with Crippen molar-refractivity contribution < 1.29 is 0 Å². The van der Waals surface area contributed by atoms with Gasteiger partial charge in [0.1, 0.15) is 0 Å². The lowest BCUT2D eigenvalue weighted by Crippen LogP contribution is -2.33. The van der Waals surface area contributed by atoms with Crippen molar-refractivity contribution in [1.82, 2.24) is 4.90 Å². The molecule has 0 unspecified atom stereocenters. The van der Waals surface area contributed by atoms with E-state index in [1.165, 1.54) is 50.8 Å². The van der Waals surface area contributed by atoms with Crippen LogP contribution in [0.3, 0.4) is 0 Å². The molecule has 1 saturated carbocycles. The third kappa shape index (κ3) is 5.14. The van der Waals surface area contributed by atoms with E-state index in [4.69, 9.17) is 0 Å². The number of hydrogen-bond acceptors (Lipinski definition) is 1. The first-order chi connectivity index (χ1) is 11.8. The highest BCUT2D eigenvalue weighted by molar-refractivity contribution is 5.85. The summed E-state index contributed by atoms with van der Waals surface area (Å²) in [7, 11) is 0. The van der Waals surface area contributed by atoms with Crippen LogP contribution in [0.25, 0.3) is 5.57 Å². The van der Waals surface area contributed by atoms with Crippen molar-refractivity contribution in [3.8, 4) is 0 Å². The fourth-order valence-electron chi connectivity index (χ4n) is 5.69. The molecule has 2 aliphatic rings. The first-order valence-electron chi connectivity index (χ1n) is 10.3. The highest BCUT2D eigenvalue weighted by atomic mass is 35.5. The van der Waals surface area contributed by atoms with Gasteiger partial charge in [0.25, 0.3) is 0 Å². The van der Waals surface area contributed by atoms with Gasteiger partial charge in [0.15, 0.2) is 0 Å². The largest absolute Gasteiger partial charge is 0.299 e. The van der Waals surface area contributed by atoms with Crippen LogP contribution in [0.1, 0.15) is 83.8 Å². The maximum absolute atomic E-state index is 2.58. The Morgan fingerprint density at radius 3 is 2.27 bits per heavy atom. The predicted octanol–water partition coefficient (Wildman–Crippen LogP) is 6.93. The van der Waals surface area contributed by atoms with E-state index >= 15 is 0 Å². The number of nitrogens with zero attached hydrogens (tertiary/aromatic N) is 1. The Morgan fingerprint density at radius 2 is 1.69 bits per heavy atom. The molecule has 1 heterocycles. The Kier molecular flexibility index (Phi) is 7.02. The van der Waals surface area contributed by atoms with E-state index in [1.54, 1.807) is 11.1 Å². The molecule has 1 aliphatic heterocycles. The van der Waals surface area contributed by atoms with Gasteiger partial charge in [-0.2, -0.15) is 0 Å². The van der Waals surface area contributed by atoms with Gasteiger partial charge in [0, 0.05) is 13.1 Å². The summed E-state index contributed by atoms with van der Waals surface area (Å²) < 4.78 is 0. The highest BCUT2D eigenvalue weighted by Crippen LogP contribution is 2.52. The smallest absolute Gasteiger partial charge is 0.0169 e. The number of benzene rings is 1. The molecule has 0 saturated heterocycles. The zero-order valence-electron chi connectivity index (χ0n) is 17.5. The third-order valence-corrected chi connectivity index (χ3v) is 6.13. The van der Waals surface area contributed by atoms with Gasteiger partial charge in [-0.05, 0) is 72.1 Å². The molecule has 1 aromatic carbocycles. The molecule has 26 heavy (non-hydrogen) atoms. The van der Waals surface area contributed by atoms with E-state index in [0.29, 0.717) is 16.7 Å². The number of halogens is 1. The highest BCUT2D eigenvalue weighted by Gasteiger charge is 2.39. The SMILES string of the molecule is CCCN1CC=C(c2ccccc2C2CC(C)(C)CC(C)(C)C2)CC1.Cl. The lowest BCUT2D eigenvalue weighted by Gasteiger charge is -2.45. The minimum Gasteiger partial charge on any atom is -0.299 e. The standard InChI is InChI=1S/C24H37N.ClH/c1-6-13-25-14-11-19(12-15-25)21-9-7-8-10-22(21)20-16-23(2,3)18-24(4,5)17-20;/h7-11,20H,6,12-18H2,1-5H3;1H. The normalized spacial score (nSPS) is 23.2. The molecule has 0 aromatic heterocycles. The van der Waals surface area contributed by atoms with Crippen LogP contribution in [-0.2, 0) is 0 Å². The van der Waals surface area contributed by atoms with Gasteiger partial charge in [-0.3, -0.25) is 4.90 Å². The molecule has 1 nitrogen and oxygen atoms in total. The molecule has 0 amide bonds. The monoisotopic (exact) mass is 375 g/mol. The van der Waals surface area contributed by atoms with E-state index in [1.807, 2.05) is 0 Å². The van der Waals surface area contributed by atoms with E-state index in [0.717, 1.165) is 6.54 Å². The molecule has 0 bridgehead atoms. The molecule has 0 N–H and O–H groups in total. The summed E-state index contributed by atoms with van der Waals surface area (Å²) in [5.41, 5.74) is 5.62. The molecule has 1 aromatic rings. The van der Waals surface area contributed by atoms with Crippen LogP contribution in [0, 0.1) is 10.8 Å². The summed E-state index contributed by atoms with van der Waals surface area (Å²) in [6.07, 6.45) is 8.94. The maximum Gasteiger partial charge on any atom is 0.0169 e. The fraction of sp³-hybridized carbons (Fsp3) is 0.667. The van der Waals surface area contributed by atoms with Crippen LogP contribution < -0.4 is 0 Å². The van der Waals surface area contributed by atoms with Gasteiger partial charge < -0.3 is 0 Å². The second-order valence-corrected chi connectivity index (χ2v) is 9.98. The predicted molar refractivity (Wildman–Crippen MR) is 117 cm³/mol. The summed E-state index contributed by atoms with van der Waals surface area (Å²) in [6.45, 7) is 15.7. The molecule has 0 atom stereocenters. The van der Waals surface area contributed by atoms with Crippen molar-refractivity contribution >= 4 is 18.0 Å². The van der Waals surface area contributed by atoms with Crippen molar-refractivity contribution in [2.75, 3.05) is 19.6 Å². The molecular weight excluding hydrogens is 338 g/mol. The van der Waals surface area contributed by atoms with Gasteiger partial charge in [-0.25, -0.2) is 0 Å². The van der Waals surface area contributed by atoms with Gasteiger partial charge >= 0.3 is 0 Å². The average Bonchev–Trinajstić information content (AvgIpc) is 2.53. The van der Waals surface area contributed by atoms with Gasteiger partial charge in [-0.15, -0.1) is 12.4 Å². The summed E-state index contributed by atoms with van der Waals surface area (Å²) >= 11 is 0.